The van der Waals surface area contributed by atoms with Crippen molar-refractivity contribution >= 4 is 11.7 Å². The number of esters is 1. The maximum atomic E-state index is 12.0. The van der Waals surface area contributed by atoms with Crippen molar-refractivity contribution in [2.75, 3.05) is 13.7 Å². The average Bonchev–Trinajstić information content (AvgIpc) is 2.12. The monoisotopic (exact) mass is 229 g/mol. The summed E-state index contributed by atoms with van der Waals surface area (Å²) in [6.07, 6.45) is -8.01. The normalized spacial score (nSPS) is 14.7. The first-order chi connectivity index (χ1) is 6.84. The molecule has 15 heavy (non-hydrogen) atoms. The lowest BCUT2D eigenvalue weighted by Gasteiger charge is -2.14. The second-order valence-corrected chi connectivity index (χ2v) is 2.32. The van der Waals surface area contributed by atoms with Crippen LogP contribution in [0.1, 0.15) is 6.92 Å². The van der Waals surface area contributed by atoms with E-state index in [9.17, 15) is 18.0 Å². The minimum atomic E-state index is -5.00. The molecule has 0 radical (unpaired) electrons. The summed E-state index contributed by atoms with van der Waals surface area (Å²) in [5.74, 6) is -1.37. The average molecular weight is 229 g/mol. The molecule has 5 nitrogen and oxygen atoms in total. The number of ether oxygens (including phenoxy) is 1. The van der Waals surface area contributed by atoms with Crippen LogP contribution in [-0.4, -0.2) is 42.8 Å². The summed E-state index contributed by atoms with van der Waals surface area (Å²) in [6.45, 7) is 1.27. The highest BCUT2D eigenvalue weighted by atomic mass is 19.4. The quantitative estimate of drug-likeness (QED) is 0.432. The van der Waals surface area contributed by atoms with Gasteiger partial charge in [-0.15, -0.1) is 0 Å². The Hall–Kier alpha value is -1.31. The Labute approximate surface area is 83.5 Å². The summed E-state index contributed by atoms with van der Waals surface area (Å²) >= 11 is 0. The number of rotatable bonds is 4. The molecule has 0 saturated carbocycles. The van der Waals surface area contributed by atoms with Gasteiger partial charge in [0.25, 0.3) is 0 Å². The van der Waals surface area contributed by atoms with Gasteiger partial charge in [-0.1, -0.05) is 5.16 Å². The highest BCUT2D eigenvalue weighted by molar-refractivity contribution is 6.38. The molecule has 1 N–H and O–H groups in total. The van der Waals surface area contributed by atoms with Crippen molar-refractivity contribution in [3.63, 3.8) is 0 Å². The van der Waals surface area contributed by atoms with Crippen molar-refractivity contribution in [1.82, 2.24) is 0 Å². The van der Waals surface area contributed by atoms with Crippen LogP contribution in [0, 0.1) is 0 Å². The van der Waals surface area contributed by atoms with E-state index in [4.69, 9.17) is 5.11 Å². The molecule has 8 heteroatoms. The third-order valence-corrected chi connectivity index (χ3v) is 1.24. The molecule has 0 rings (SSSR count). The van der Waals surface area contributed by atoms with Crippen LogP contribution in [0.15, 0.2) is 5.16 Å². The van der Waals surface area contributed by atoms with E-state index in [1.165, 1.54) is 6.92 Å². The van der Waals surface area contributed by atoms with Crippen LogP contribution in [0.5, 0.6) is 0 Å². The maximum Gasteiger partial charge on any atom is 0.420 e. The van der Waals surface area contributed by atoms with Gasteiger partial charge in [-0.3, -0.25) is 0 Å². The smallest absolute Gasteiger partial charge is 0.420 e. The number of hydrogen-bond acceptors (Lipinski definition) is 5. The van der Waals surface area contributed by atoms with E-state index in [2.05, 4.69) is 14.7 Å². The lowest BCUT2D eigenvalue weighted by Crippen LogP contribution is -2.41. The van der Waals surface area contributed by atoms with Crippen LogP contribution in [0.4, 0.5) is 13.2 Å². The van der Waals surface area contributed by atoms with Crippen molar-refractivity contribution in [2.24, 2.45) is 5.16 Å². The molecule has 0 aromatic heterocycles. The highest BCUT2D eigenvalue weighted by Gasteiger charge is 2.45. The molecule has 0 unspecified atom stereocenters. The molecule has 0 aliphatic carbocycles. The molecular weight excluding hydrogens is 219 g/mol. The zero-order chi connectivity index (χ0) is 12.1. The number of halogens is 3. The van der Waals surface area contributed by atoms with Crippen molar-refractivity contribution in [1.29, 1.82) is 0 Å². The Morgan fingerprint density at radius 2 is 2.07 bits per heavy atom. The molecule has 0 fully saturated rings. The van der Waals surface area contributed by atoms with Gasteiger partial charge in [0.1, 0.15) is 7.11 Å². The predicted octanol–water partition coefficient (Wildman–Crippen LogP) is 0.475. The lowest BCUT2D eigenvalue weighted by molar-refractivity contribution is -0.184. The maximum absolute atomic E-state index is 12.0. The second-order valence-electron chi connectivity index (χ2n) is 2.32. The van der Waals surface area contributed by atoms with Crippen LogP contribution < -0.4 is 0 Å². The molecule has 88 valence electrons. The first kappa shape index (κ1) is 13.7. The lowest BCUT2D eigenvalue weighted by atomic mass is 10.2. The van der Waals surface area contributed by atoms with Gasteiger partial charge in [0.05, 0.1) is 6.61 Å². The summed E-state index contributed by atoms with van der Waals surface area (Å²) < 4.78 is 40.4. The van der Waals surface area contributed by atoms with E-state index in [0.29, 0.717) is 0 Å². The minimum absolute atomic E-state index is 0.133. The number of aliphatic hydroxyl groups excluding tert-OH is 1. The van der Waals surface area contributed by atoms with Gasteiger partial charge < -0.3 is 14.7 Å². The summed E-state index contributed by atoms with van der Waals surface area (Å²) in [5.41, 5.74) is -1.23. The number of carbonyl (C=O) groups excluding carboxylic acids is 1. The molecule has 0 bridgehead atoms. The molecule has 0 aliphatic heterocycles. The highest BCUT2D eigenvalue weighted by Crippen LogP contribution is 2.21. The number of oxime groups is 1. The van der Waals surface area contributed by atoms with Gasteiger partial charge in [-0.25, -0.2) is 4.79 Å². The van der Waals surface area contributed by atoms with Crippen LogP contribution in [0.25, 0.3) is 0 Å². The molecule has 0 saturated heterocycles. The fourth-order valence-electron chi connectivity index (χ4n) is 0.657. The molecule has 0 heterocycles. The van der Waals surface area contributed by atoms with Crippen LogP contribution in [-0.2, 0) is 14.4 Å². The Balaban J connectivity index is 4.83. The molecule has 0 spiro atoms. The van der Waals surface area contributed by atoms with Crippen molar-refractivity contribution < 1.29 is 32.6 Å². The van der Waals surface area contributed by atoms with Gasteiger partial charge >= 0.3 is 12.1 Å². The van der Waals surface area contributed by atoms with Gasteiger partial charge in [-0.05, 0) is 6.92 Å². The number of aliphatic hydroxyl groups is 1. The molecule has 0 aromatic carbocycles. The van der Waals surface area contributed by atoms with E-state index in [1.54, 1.807) is 0 Å². The largest absolute Gasteiger partial charge is 0.461 e. The number of carbonyl (C=O) groups is 1. The number of hydrogen-bond donors (Lipinski definition) is 1. The van der Waals surface area contributed by atoms with Gasteiger partial charge in [0, 0.05) is 0 Å². The van der Waals surface area contributed by atoms with E-state index in [-0.39, 0.29) is 6.61 Å². The van der Waals surface area contributed by atoms with Crippen LogP contribution in [0.2, 0.25) is 0 Å². The third-order valence-electron chi connectivity index (χ3n) is 1.24. The molecule has 1 atom stereocenters. The van der Waals surface area contributed by atoms with E-state index >= 15 is 0 Å². The Morgan fingerprint density at radius 1 is 1.53 bits per heavy atom. The van der Waals surface area contributed by atoms with Crippen molar-refractivity contribution in [3.05, 3.63) is 0 Å². The predicted molar refractivity (Wildman–Crippen MR) is 43.1 cm³/mol. The van der Waals surface area contributed by atoms with Crippen LogP contribution in [0.3, 0.4) is 0 Å². The minimum Gasteiger partial charge on any atom is -0.461 e. The molecule has 0 amide bonds. The van der Waals surface area contributed by atoms with E-state index in [1.807, 2.05) is 0 Å². The van der Waals surface area contributed by atoms with E-state index < -0.39 is 24.0 Å². The zero-order valence-electron chi connectivity index (χ0n) is 8.04. The fourth-order valence-corrected chi connectivity index (χ4v) is 0.657. The van der Waals surface area contributed by atoms with Gasteiger partial charge in [-0.2, -0.15) is 13.2 Å². The third kappa shape index (κ3) is 4.15. The Bertz CT molecular complexity index is 251. The molecular formula is C7H10F3NO4. The summed E-state index contributed by atoms with van der Waals surface area (Å²) in [5, 5.41) is 11.5. The summed E-state index contributed by atoms with van der Waals surface area (Å²) in [6, 6.07) is 0. The molecule has 0 aromatic rings. The molecule has 0 aliphatic rings. The Morgan fingerprint density at radius 3 is 2.40 bits per heavy atom. The SMILES string of the molecule is CCOC(=O)/C(=N/OC)[C@H](O)C(F)(F)F. The fraction of sp³-hybridized carbons (Fsp3) is 0.714. The number of alkyl halides is 3. The standard InChI is InChI=1S/C7H10F3NO4/c1-3-15-6(13)4(11-14-2)5(12)7(8,9)10/h5,12H,3H2,1-2H3/b11-4+/t5-/m0/s1. The summed E-state index contributed by atoms with van der Waals surface area (Å²) in [4.78, 5) is 14.9. The first-order valence-corrected chi connectivity index (χ1v) is 3.87. The van der Waals surface area contributed by atoms with Gasteiger partial charge in [0.15, 0.2) is 0 Å². The number of nitrogens with zero attached hydrogens (tertiary/aromatic N) is 1. The topological polar surface area (TPSA) is 68.1 Å². The first-order valence-electron chi connectivity index (χ1n) is 3.87. The van der Waals surface area contributed by atoms with Crippen molar-refractivity contribution in [2.45, 2.75) is 19.2 Å². The summed E-state index contributed by atoms with van der Waals surface area (Å²) in [7, 11) is 0.947. The van der Waals surface area contributed by atoms with Crippen molar-refractivity contribution in [3.8, 4) is 0 Å². The Kier molecular flexibility index (Phi) is 5.06. The van der Waals surface area contributed by atoms with Gasteiger partial charge in [0.2, 0.25) is 11.8 Å². The zero-order valence-corrected chi connectivity index (χ0v) is 8.04. The second kappa shape index (κ2) is 5.54. The van der Waals surface area contributed by atoms with Crippen LogP contribution >= 0.6 is 0 Å². The van der Waals surface area contributed by atoms with E-state index in [0.717, 1.165) is 7.11 Å².